The van der Waals surface area contributed by atoms with Gasteiger partial charge in [-0.2, -0.15) is 0 Å². The van der Waals surface area contributed by atoms with Crippen LogP contribution in [0.5, 0.6) is 11.5 Å². The number of anilines is 1. The predicted octanol–water partition coefficient (Wildman–Crippen LogP) is 0.489. The normalized spacial score (nSPS) is 30.0. The van der Waals surface area contributed by atoms with Gasteiger partial charge in [-0.05, 0) is 30.4 Å². The fourth-order valence-corrected chi connectivity index (χ4v) is 4.62. The van der Waals surface area contributed by atoms with Crippen molar-refractivity contribution in [1.29, 1.82) is 0 Å². The highest BCUT2D eigenvalue weighted by Crippen LogP contribution is 2.37. The highest BCUT2D eigenvalue weighted by atomic mass is 16.6. The standard InChI is InChI=1S/C19H23N3O4/c23-18(21-10-12-8-20-9-13(12)11-21)15-3-4-22(19(15)24)14-1-2-16-17(7-14)26-6-5-25-16/h1-2,7,12-13,15,20H,3-6,8-11H2/t12-,13+,15?. The molecule has 0 spiro atoms. The summed E-state index contributed by atoms with van der Waals surface area (Å²) in [6.45, 7) is 5.15. The number of hydrogen-bond acceptors (Lipinski definition) is 5. The average Bonchev–Trinajstić information content (AvgIpc) is 3.35. The highest BCUT2D eigenvalue weighted by molar-refractivity contribution is 6.09. The van der Waals surface area contributed by atoms with Gasteiger partial charge in [-0.25, -0.2) is 0 Å². The van der Waals surface area contributed by atoms with Crippen LogP contribution in [0.2, 0.25) is 0 Å². The molecule has 5 rings (SSSR count). The number of carbonyl (C=O) groups excluding carboxylic acids is 2. The molecule has 0 radical (unpaired) electrons. The third kappa shape index (κ3) is 2.53. The maximum absolute atomic E-state index is 12.9. The number of amides is 2. The Bertz CT molecular complexity index is 740. The van der Waals surface area contributed by atoms with E-state index in [1.165, 1.54) is 0 Å². The summed E-state index contributed by atoms with van der Waals surface area (Å²) in [6, 6.07) is 5.54. The van der Waals surface area contributed by atoms with Gasteiger partial charge in [-0.1, -0.05) is 0 Å². The van der Waals surface area contributed by atoms with Crippen LogP contribution in [0.25, 0.3) is 0 Å². The Morgan fingerprint density at radius 1 is 1.08 bits per heavy atom. The molecule has 2 amide bonds. The van der Waals surface area contributed by atoms with Crippen molar-refractivity contribution < 1.29 is 19.1 Å². The minimum atomic E-state index is -0.546. The largest absolute Gasteiger partial charge is 0.486 e. The summed E-state index contributed by atoms with van der Waals surface area (Å²) in [6.07, 6.45) is 0.580. The minimum Gasteiger partial charge on any atom is -0.486 e. The molecular formula is C19H23N3O4. The molecule has 1 N–H and O–H groups in total. The minimum absolute atomic E-state index is 0.00411. The molecule has 0 bridgehead atoms. The van der Waals surface area contributed by atoms with E-state index in [1.54, 1.807) is 4.90 Å². The first-order valence-electron chi connectivity index (χ1n) is 9.41. The molecular weight excluding hydrogens is 334 g/mol. The smallest absolute Gasteiger partial charge is 0.239 e. The molecule has 138 valence electrons. The number of carbonyl (C=O) groups is 2. The van der Waals surface area contributed by atoms with Crippen LogP contribution in [0.3, 0.4) is 0 Å². The van der Waals surface area contributed by atoms with Gasteiger partial charge in [0.25, 0.3) is 0 Å². The van der Waals surface area contributed by atoms with Crippen LogP contribution in [0, 0.1) is 17.8 Å². The van der Waals surface area contributed by atoms with Gasteiger partial charge in [-0.15, -0.1) is 0 Å². The van der Waals surface area contributed by atoms with Gasteiger partial charge in [-0.3, -0.25) is 9.59 Å². The quantitative estimate of drug-likeness (QED) is 0.780. The average molecular weight is 357 g/mol. The SMILES string of the molecule is O=C(C1CCN(c2ccc3c(c2)OCCO3)C1=O)N1C[C@H]2CNC[C@H]2C1. The van der Waals surface area contributed by atoms with Crippen LogP contribution in [0.15, 0.2) is 18.2 Å². The Balaban J connectivity index is 1.30. The molecule has 4 aliphatic heterocycles. The first-order valence-corrected chi connectivity index (χ1v) is 9.41. The number of rotatable bonds is 2. The monoisotopic (exact) mass is 357 g/mol. The molecule has 0 saturated carbocycles. The fraction of sp³-hybridized carbons (Fsp3) is 0.579. The maximum Gasteiger partial charge on any atom is 0.239 e. The summed E-state index contributed by atoms with van der Waals surface area (Å²) in [5.41, 5.74) is 0.775. The van der Waals surface area contributed by atoms with Crippen LogP contribution >= 0.6 is 0 Å². The summed E-state index contributed by atoms with van der Waals surface area (Å²) in [5.74, 6) is 1.82. The van der Waals surface area contributed by atoms with E-state index in [2.05, 4.69) is 5.32 Å². The number of ether oxygens (including phenoxy) is 2. The van der Waals surface area contributed by atoms with Crippen molar-refractivity contribution in [3.63, 3.8) is 0 Å². The van der Waals surface area contributed by atoms with Gasteiger partial charge in [0.05, 0.1) is 0 Å². The maximum atomic E-state index is 12.9. The molecule has 3 atom stereocenters. The van der Waals surface area contributed by atoms with Crippen LogP contribution in [-0.4, -0.2) is 62.7 Å². The molecule has 4 heterocycles. The van der Waals surface area contributed by atoms with Crippen LogP contribution in [-0.2, 0) is 9.59 Å². The van der Waals surface area contributed by atoms with Crippen molar-refractivity contribution in [2.45, 2.75) is 6.42 Å². The van der Waals surface area contributed by atoms with E-state index in [0.717, 1.165) is 31.9 Å². The van der Waals surface area contributed by atoms with Gasteiger partial charge < -0.3 is 24.6 Å². The number of benzene rings is 1. The lowest BCUT2D eigenvalue weighted by molar-refractivity contribution is -0.139. The predicted molar refractivity (Wildman–Crippen MR) is 94.3 cm³/mol. The Morgan fingerprint density at radius 3 is 2.58 bits per heavy atom. The first-order chi connectivity index (χ1) is 12.7. The van der Waals surface area contributed by atoms with Gasteiger partial charge >= 0.3 is 0 Å². The zero-order valence-electron chi connectivity index (χ0n) is 14.6. The summed E-state index contributed by atoms with van der Waals surface area (Å²) in [5, 5.41) is 3.38. The van der Waals surface area contributed by atoms with Gasteiger partial charge in [0.15, 0.2) is 11.5 Å². The zero-order chi connectivity index (χ0) is 17.7. The van der Waals surface area contributed by atoms with Crippen molar-refractivity contribution in [2.75, 3.05) is 50.8 Å². The number of fused-ring (bicyclic) bond motifs is 2. The fourth-order valence-electron chi connectivity index (χ4n) is 4.62. The number of nitrogens with zero attached hydrogens (tertiary/aromatic N) is 2. The first kappa shape index (κ1) is 15.9. The van der Waals surface area contributed by atoms with Gasteiger partial charge in [0.2, 0.25) is 11.8 Å². The lowest BCUT2D eigenvalue weighted by Gasteiger charge is -2.23. The molecule has 1 aromatic rings. The van der Waals surface area contributed by atoms with Crippen molar-refractivity contribution in [3.05, 3.63) is 18.2 Å². The number of nitrogens with one attached hydrogen (secondary N) is 1. The van der Waals surface area contributed by atoms with E-state index in [-0.39, 0.29) is 11.8 Å². The lowest BCUT2D eigenvalue weighted by Crippen LogP contribution is -2.40. The molecule has 0 aliphatic carbocycles. The topological polar surface area (TPSA) is 71.1 Å². The van der Waals surface area contributed by atoms with E-state index in [0.29, 0.717) is 49.5 Å². The number of likely N-dealkylation sites (tertiary alicyclic amines) is 1. The van der Waals surface area contributed by atoms with Crippen molar-refractivity contribution in [1.82, 2.24) is 10.2 Å². The Kier molecular flexibility index (Phi) is 3.77. The van der Waals surface area contributed by atoms with E-state index in [1.807, 2.05) is 23.1 Å². The molecule has 3 fully saturated rings. The van der Waals surface area contributed by atoms with Gasteiger partial charge in [0, 0.05) is 44.5 Å². The van der Waals surface area contributed by atoms with Crippen LogP contribution in [0.1, 0.15) is 6.42 Å². The third-order valence-electron chi connectivity index (χ3n) is 6.04. The second-order valence-electron chi connectivity index (χ2n) is 7.58. The van der Waals surface area contributed by atoms with E-state index < -0.39 is 5.92 Å². The molecule has 3 saturated heterocycles. The van der Waals surface area contributed by atoms with Crippen LogP contribution in [0.4, 0.5) is 5.69 Å². The summed E-state index contributed by atoms with van der Waals surface area (Å²) in [4.78, 5) is 29.4. The van der Waals surface area contributed by atoms with Crippen LogP contribution < -0.4 is 19.7 Å². The molecule has 4 aliphatic rings. The van der Waals surface area contributed by atoms with Crippen molar-refractivity contribution in [3.8, 4) is 11.5 Å². The Labute approximate surface area is 152 Å². The van der Waals surface area contributed by atoms with Crippen molar-refractivity contribution in [2.24, 2.45) is 17.8 Å². The highest BCUT2D eigenvalue weighted by Gasteiger charge is 2.44. The van der Waals surface area contributed by atoms with E-state index in [9.17, 15) is 9.59 Å². The summed E-state index contributed by atoms with van der Waals surface area (Å²) in [7, 11) is 0. The number of hydrogen-bond donors (Lipinski definition) is 1. The molecule has 26 heavy (non-hydrogen) atoms. The van der Waals surface area contributed by atoms with Crippen molar-refractivity contribution >= 4 is 17.5 Å². The van der Waals surface area contributed by atoms with E-state index in [4.69, 9.17) is 9.47 Å². The Hall–Kier alpha value is -2.28. The second kappa shape index (κ2) is 6.16. The summed E-state index contributed by atoms with van der Waals surface area (Å²) < 4.78 is 11.1. The Morgan fingerprint density at radius 2 is 1.81 bits per heavy atom. The van der Waals surface area contributed by atoms with E-state index >= 15 is 0 Å². The zero-order valence-corrected chi connectivity index (χ0v) is 14.6. The second-order valence-corrected chi connectivity index (χ2v) is 7.58. The summed E-state index contributed by atoms with van der Waals surface area (Å²) >= 11 is 0. The molecule has 7 heteroatoms. The third-order valence-corrected chi connectivity index (χ3v) is 6.04. The molecule has 0 aromatic heterocycles. The van der Waals surface area contributed by atoms with Gasteiger partial charge in [0.1, 0.15) is 19.1 Å². The molecule has 7 nitrogen and oxygen atoms in total. The molecule has 1 aromatic carbocycles. The lowest BCUT2D eigenvalue weighted by atomic mass is 10.0. The molecule has 1 unspecified atom stereocenters.